The average molecular weight is 455 g/mol. The number of para-hydroxylation sites is 1. The van der Waals surface area contributed by atoms with Crippen LogP contribution in [0.3, 0.4) is 0 Å². The van der Waals surface area contributed by atoms with Crippen LogP contribution in [-0.4, -0.2) is 19.7 Å². The Balaban J connectivity index is 1.61. The van der Waals surface area contributed by atoms with Crippen LogP contribution >= 0.6 is 27.7 Å². The molecule has 0 saturated carbocycles. The first kappa shape index (κ1) is 18.6. The van der Waals surface area contributed by atoms with Crippen LogP contribution in [0.5, 0.6) is 0 Å². The van der Waals surface area contributed by atoms with Gasteiger partial charge >= 0.3 is 0 Å². The molecule has 6 nitrogen and oxygen atoms in total. The number of hydrogen-bond donors (Lipinski definition) is 0. The van der Waals surface area contributed by atoms with Gasteiger partial charge in [0.05, 0.1) is 16.7 Å². The van der Waals surface area contributed by atoms with Gasteiger partial charge in [-0.3, -0.25) is 9.36 Å². The van der Waals surface area contributed by atoms with Crippen LogP contribution in [0.2, 0.25) is 0 Å². The fraction of sp³-hybridized carbons (Fsp3) is 0.100. The average Bonchev–Trinajstić information content (AvgIpc) is 3.18. The first-order valence-corrected chi connectivity index (χ1v) is 10.3. The van der Waals surface area contributed by atoms with Crippen molar-refractivity contribution < 1.29 is 4.52 Å². The summed E-state index contributed by atoms with van der Waals surface area (Å²) < 4.78 is 7.91. The molecular weight excluding hydrogens is 440 g/mol. The molecule has 0 amide bonds. The number of hydrogen-bond acceptors (Lipinski definition) is 6. The molecule has 8 heteroatoms. The SMILES string of the molecule is C=CCn1c(SCc2nc(-c3cccc(Br)c3)no2)nc2ccccc2c1=O. The van der Waals surface area contributed by atoms with Crippen LogP contribution in [0.25, 0.3) is 22.3 Å². The second-order valence-corrected chi connectivity index (χ2v) is 7.78. The normalized spacial score (nSPS) is 11.0. The molecular formula is C20H15BrN4O2S. The minimum absolute atomic E-state index is 0.0895. The van der Waals surface area contributed by atoms with Crippen molar-refractivity contribution in [1.29, 1.82) is 0 Å². The molecule has 2 aromatic heterocycles. The Morgan fingerprint density at radius 2 is 2.04 bits per heavy atom. The summed E-state index contributed by atoms with van der Waals surface area (Å²) in [5.41, 5.74) is 1.44. The third-order valence-electron chi connectivity index (χ3n) is 4.01. The van der Waals surface area contributed by atoms with Crippen molar-refractivity contribution in [3.63, 3.8) is 0 Å². The maximum absolute atomic E-state index is 12.8. The number of aromatic nitrogens is 4. The highest BCUT2D eigenvalue weighted by atomic mass is 79.9. The molecule has 0 atom stereocenters. The Hall–Kier alpha value is -2.71. The summed E-state index contributed by atoms with van der Waals surface area (Å²) in [6.07, 6.45) is 1.68. The fourth-order valence-corrected chi connectivity index (χ4v) is 3.98. The van der Waals surface area contributed by atoms with Gasteiger partial charge in [0.15, 0.2) is 5.16 Å². The highest BCUT2D eigenvalue weighted by Crippen LogP contribution is 2.24. The predicted molar refractivity (Wildman–Crippen MR) is 113 cm³/mol. The summed E-state index contributed by atoms with van der Waals surface area (Å²) in [5, 5.41) is 5.22. The molecule has 0 N–H and O–H groups in total. The van der Waals surface area contributed by atoms with E-state index in [2.05, 4.69) is 37.6 Å². The Kier molecular flexibility index (Phi) is 5.40. The lowest BCUT2D eigenvalue weighted by Crippen LogP contribution is -2.22. The lowest BCUT2D eigenvalue weighted by atomic mass is 10.2. The van der Waals surface area contributed by atoms with Crippen LogP contribution in [0, 0.1) is 0 Å². The number of nitrogens with zero attached hydrogens (tertiary/aromatic N) is 4. The van der Waals surface area contributed by atoms with Crippen LogP contribution in [0.4, 0.5) is 0 Å². The van der Waals surface area contributed by atoms with E-state index >= 15 is 0 Å². The quantitative estimate of drug-likeness (QED) is 0.239. The van der Waals surface area contributed by atoms with Crippen LogP contribution in [0.15, 0.2) is 80.1 Å². The molecule has 2 heterocycles. The van der Waals surface area contributed by atoms with Gasteiger partial charge < -0.3 is 4.52 Å². The zero-order valence-electron chi connectivity index (χ0n) is 14.7. The van der Waals surface area contributed by atoms with E-state index in [1.165, 1.54) is 11.8 Å². The Morgan fingerprint density at radius 1 is 1.18 bits per heavy atom. The molecule has 4 aromatic rings. The van der Waals surface area contributed by atoms with Gasteiger partial charge in [0.25, 0.3) is 5.56 Å². The molecule has 140 valence electrons. The molecule has 4 rings (SSSR count). The van der Waals surface area contributed by atoms with Crippen molar-refractivity contribution in [2.75, 3.05) is 0 Å². The van der Waals surface area contributed by atoms with Crippen molar-refractivity contribution in [3.05, 3.63) is 81.9 Å². The summed E-state index contributed by atoms with van der Waals surface area (Å²) >= 11 is 4.82. The molecule has 0 bridgehead atoms. The van der Waals surface area contributed by atoms with E-state index in [1.54, 1.807) is 16.7 Å². The van der Waals surface area contributed by atoms with E-state index in [0.717, 1.165) is 10.0 Å². The summed E-state index contributed by atoms with van der Waals surface area (Å²) in [4.78, 5) is 21.8. The van der Waals surface area contributed by atoms with E-state index in [9.17, 15) is 4.79 Å². The van der Waals surface area contributed by atoms with Gasteiger partial charge in [-0.05, 0) is 24.3 Å². The smallest absolute Gasteiger partial charge is 0.262 e. The Morgan fingerprint density at radius 3 is 2.86 bits per heavy atom. The molecule has 0 aliphatic carbocycles. The number of fused-ring (bicyclic) bond motifs is 1. The van der Waals surface area contributed by atoms with Crippen molar-refractivity contribution in [3.8, 4) is 11.4 Å². The zero-order valence-corrected chi connectivity index (χ0v) is 17.1. The topological polar surface area (TPSA) is 73.8 Å². The van der Waals surface area contributed by atoms with Crippen molar-refractivity contribution in [2.45, 2.75) is 17.5 Å². The minimum Gasteiger partial charge on any atom is -0.338 e. The number of halogens is 1. The number of allylic oxidation sites excluding steroid dienone is 1. The molecule has 0 saturated heterocycles. The molecule has 0 unspecified atom stereocenters. The van der Waals surface area contributed by atoms with Gasteiger partial charge in [0.1, 0.15) is 0 Å². The van der Waals surface area contributed by atoms with Crippen LogP contribution < -0.4 is 5.56 Å². The predicted octanol–water partition coefficient (Wildman–Crippen LogP) is 4.69. The number of benzene rings is 2. The lowest BCUT2D eigenvalue weighted by Gasteiger charge is -2.10. The number of thioether (sulfide) groups is 1. The second kappa shape index (κ2) is 8.12. The largest absolute Gasteiger partial charge is 0.338 e. The molecule has 0 fully saturated rings. The van der Waals surface area contributed by atoms with Gasteiger partial charge in [-0.15, -0.1) is 6.58 Å². The Bertz CT molecular complexity index is 1220. The minimum atomic E-state index is -0.0895. The standard InChI is InChI=1S/C20H15BrN4O2S/c1-2-10-25-19(26)15-8-3-4-9-16(15)22-20(25)28-12-17-23-18(24-27-17)13-6-5-7-14(21)11-13/h2-9,11H,1,10,12H2. The molecule has 2 aromatic carbocycles. The second-order valence-electron chi connectivity index (χ2n) is 5.93. The van der Waals surface area contributed by atoms with Gasteiger partial charge in [-0.2, -0.15) is 4.98 Å². The van der Waals surface area contributed by atoms with E-state index < -0.39 is 0 Å². The van der Waals surface area contributed by atoms with E-state index in [0.29, 0.717) is 40.1 Å². The summed E-state index contributed by atoms with van der Waals surface area (Å²) in [6, 6.07) is 15.0. The van der Waals surface area contributed by atoms with E-state index in [1.807, 2.05) is 42.5 Å². The van der Waals surface area contributed by atoms with E-state index in [-0.39, 0.29) is 5.56 Å². The third-order valence-corrected chi connectivity index (χ3v) is 5.47. The van der Waals surface area contributed by atoms with Gasteiger partial charge in [0.2, 0.25) is 11.7 Å². The molecule has 0 spiro atoms. The third kappa shape index (κ3) is 3.79. The van der Waals surface area contributed by atoms with Crippen molar-refractivity contribution >= 4 is 38.6 Å². The highest BCUT2D eigenvalue weighted by Gasteiger charge is 2.14. The molecule has 0 radical (unpaired) electrons. The molecule has 28 heavy (non-hydrogen) atoms. The summed E-state index contributed by atoms with van der Waals surface area (Å²) in [7, 11) is 0. The fourth-order valence-electron chi connectivity index (χ4n) is 2.73. The zero-order chi connectivity index (χ0) is 19.5. The monoisotopic (exact) mass is 454 g/mol. The first-order valence-electron chi connectivity index (χ1n) is 8.47. The van der Waals surface area contributed by atoms with Gasteiger partial charge in [0, 0.05) is 16.6 Å². The van der Waals surface area contributed by atoms with E-state index in [4.69, 9.17) is 4.52 Å². The first-order chi connectivity index (χ1) is 13.7. The summed E-state index contributed by atoms with van der Waals surface area (Å²) in [5.74, 6) is 1.39. The van der Waals surface area contributed by atoms with Crippen molar-refractivity contribution in [1.82, 2.24) is 19.7 Å². The van der Waals surface area contributed by atoms with Crippen molar-refractivity contribution in [2.24, 2.45) is 0 Å². The van der Waals surface area contributed by atoms with Gasteiger partial charge in [-0.1, -0.05) is 63.2 Å². The van der Waals surface area contributed by atoms with Gasteiger partial charge in [-0.25, -0.2) is 4.98 Å². The maximum atomic E-state index is 12.8. The maximum Gasteiger partial charge on any atom is 0.262 e. The summed E-state index contributed by atoms with van der Waals surface area (Å²) in [6.45, 7) is 4.12. The van der Waals surface area contributed by atoms with Crippen LogP contribution in [-0.2, 0) is 12.3 Å². The highest BCUT2D eigenvalue weighted by molar-refractivity contribution is 9.10. The van der Waals surface area contributed by atoms with Crippen LogP contribution in [0.1, 0.15) is 5.89 Å². The number of rotatable bonds is 6. The molecule has 0 aliphatic rings. The molecule has 0 aliphatic heterocycles. The lowest BCUT2D eigenvalue weighted by molar-refractivity contribution is 0.391. The Labute approximate surface area is 173 Å².